The first kappa shape index (κ1) is 29.2. The average Bonchev–Trinajstić information content (AvgIpc) is 2.73. The van der Waals surface area contributed by atoms with E-state index in [2.05, 4.69) is 6.92 Å². The summed E-state index contributed by atoms with van der Waals surface area (Å²) in [4.78, 5) is 10.3. The molecule has 0 aromatic carbocycles. The van der Waals surface area contributed by atoms with Crippen molar-refractivity contribution in [3.8, 4) is 0 Å². The van der Waals surface area contributed by atoms with Crippen LogP contribution in [-0.4, -0.2) is 11.1 Å². The van der Waals surface area contributed by atoms with E-state index in [1.165, 1.54) is 147 Å². The monoisotopic (exact) mass is 422 g/mol. The SMILES string of the molecule is CCCCCCCCCCCCCCCCCCCCCCCCCC=CC(=O)O. The van der Waals surface area contributed by atoms with Gasteiger partial charge in [0.2, 0.25) is 0 Å². The Morgan fingerprint density at radius 2 is 0.767 bits per heavy atom. The van der Waals surface area contributed by atoms with Crippen LogP contribution in [0, 0.1) is 0 Å². The standard InChI is InChI=1S/C28H54O2/c1-2-3-4-5-6-7-8-9-10-11-12-13-14-15-16-17-18-19-20-21-22-23-24-25-26-27-28(29)30/h26-27H,2-25H2,1H3,(H,29,30). The second-order valence-electron chi connectivity index (χ2n) is 9.31. The van der Waals surface area contributed by atoms with E-state index in [4.69, 9.17) is 5.11 Å². The quantitative estimate of drug-likeness (QED) is 0.117. The first-order valence-electron chi connectivity index (χ1n) is 13.7. The molecular weight excluding hydrogens is 368 g/mol. The van der Waals surface area contributed by atoms with E-state index >= 15 is 0 Å². The van der Waals surface area contributed by atoms with E-state index in [0.717, 1.165) is 12.8 Å². The van der Waals surface area contributed by atoms with Crippen LogP contribution in [0.25, 0.3) is 0 Å². The molecule has 0 aliphatic heterocycles. The highest BCUT2D eigenvalue weighted by Gasteiger charge is 1.96. The summed E-state index contributed by atoms with van der Waals surface area (Å²) in [5.41, 5.74) is 0. The summed E-state index contributed by atoms with van der Waals surface area (Å²) < 4.78 is 0. The molecule has 0 amide bonds. The number of aliphatic carboxylic acids is 1. The molecule has 0 spiro atoms. The molecule has 178 valence electrons. The molecule has 0 unspecified atom stereocenters. The van der Waals surface area contributed by atoms with Crippen molar-refractivity contribution in [2.45, 2.75) is 161 Å². The minimum Gasteiger partial charge on any atom is -0.478 e. The summed E-state index contributed by atoms with van der Waals surface area (Å²) in [6.45, 7) is 2.29. The van der Waals surface area contributed by atoms with Crippen LogP contribution in [0.5, 0.6) is 0 Å². The Balaban J connectivity index is 3.03. The molecular formula is C28H54O2. The third-order valence-corrected chi connectivity index (χ3v) is 6.23. The molecule has 0 saturated heterocycles. The highest BCUT2D eigenvalue weighted by molar-refractivity contribution is 5.79. The lowest BCUT2D eigenvalue weighted by Gasteiger charge is -2.04. The van der Waals surface area contributed by atoms with Crippen LogP contribution < -0.4 is 0 Å². The predicted molar refractivity (Wildman–Crippen MR) is 133 cm³/mol. The highest BCUT2D eigenvalue weighted by atomic mass is 16.4. The van der Waals surface area contributed by atoms with Crippen molar-refractivity contribution in [1.82, 2.24) is 0 Å². The Bertz CT molecular complexity index is 362. The molecule has 0 fully saturated rings. The van der Waals surface area contributed by atoms with Gasteiger partial charge >= 0.3 is 5.97 Å². The van der Waals surface area contributed by atoms with Gasteiger partial charge in [0.05, 0.1) is 0 Å². The first-order valence-corrected chi connectivity index (χ1v) is 13.7. The molecule has 2 heteroatoms. The van der Waals surface area contributed by atoms with Crippen LogP contribution in [0.3, 0.4) is 0 Å². The molecule has 0 rings (SSSR count). The zero-order valence-corrected chi connectivity index (χ0v) is 20.5. The van der Waals surface area contributed by atoms with Crippen molar-refractivity contribution in [3.63, 3.8) is 0 Å². The maximum atomic E-state index is 10.3. The maximum Gasteiger partial charge on any atom is 0.327 e. The second kappa shape index (κ2) is 26.2. The van der Waals surface area contributed by atoms with E-state index in [1.807, 2.05) is 0 Å². The van der Waals surface area contributed by atoms with E-state index in [1.54, 1.807) is 6.08 Å². The summed E-state index contributed by atoms with van der Waals surface area (Å²) in [7, 11) is 0. The van der Waals surface area contributed by atoms with E-state index < -0.39 is 5.97 Å². The molecule has 0 aromatic heterocycles. The van der Waals surface area contributed by atoms with Gasteiger partial charge in [0.25, 0.3) is 0 Å². The predicted octanol–water partition coefficient (Wildman–Crippen LogP) is 10.0. The summed E-state index contributed by atoms with van der Waals surface area (Å²) >= 11 is 0. The van der Waals surface area contributed by atoms with Gasteiger partial charge < -0.3 is 5.11 Å². The van der Waals surface area contributed by atoms with Gasteiger partial charge in [-0.1, -0.05) is 154 Å². The van der Waals surface area contributed by atoms with Crippen LogP contribution in [0.2, 0.25) is 0 Å². The third kappa shape index (κ3) is 27.2. The smallest absolute Gasteiger partial charge is 0.327 e. The lowest BCUT2D eigenvalue weighted by molar-refractivity contribution is -0.131. The van der Waals surface area contributed by atoms with E-state index in [-0.39, 0.29) is 0 Å². The Hall–Kier alpha value is -0.790. The van der Waals surface area contributed by atoms with Gasteiger partial charge in [-0.3, -0.25) is 0 Å². The number of hydrogen-bond donors (Lipinski definition) is 1. The van der Waals surface area contributed by atoms with Crippen molar-refractivity contribution in [2.24, 2.45) is 0 Å². The van der Waals surface area contributed by atoms with Gasteiger partial charge in [-0.15, -0.1) is 0 Å². The maximum absolute atomic E-state index is 10.3. The van der Waals surface area contributed by atoms with Crippen LogP contribution in [-0.2, 0) is 4.79 Å². The van der Waals surface area contributed by atoms with Gasteiger partial charge in [0.1, 0.15) is 0 Å². The van der Waals surface area contributed by atoms with Gasteiger partial charge in [0.15, 0.2) is 0 Å². The fourth-order valence-electron chi connectivity index (χ4n) is 4.23. The number of carboxylic acid groups (broad SMARTS) is 1. The Kier molecular flexibility index (Phi) is 25.6. The van der Waals surface area contributed by atoms with Gasteiger partial charge in [-0.25, -0.2) is 4.79 Å². The minimum absolute atomic E-state index is 0.830. The molecule has 0 saturated carbocycles. The second-order valence-corrected chi connectivity index (χ2v) is 9.31. The summed E-state index contributed by atoms with van der Waals surface area (Å²) in [5, 5.41) is 8.51. The fraction of sp³-hybridized carbons (Fsp3) is 0.893. The van der Waals surface area contributed by atoms with E-state index in [9.17, 15) is 4.79 Å². The number of carbonyl (C=O) groups is 1. The van der Waals surface area contributed by atoms with Gasteiger partial charge in [-0.05, 0) is 12.8 Å². The summed E-state index contributed by atoms with van der Waals surface area (Å²) in [6.07, 6.45) is 36.4. The summed E-state index contributed by atoms with van der Waals surface area (Å²) in [5.74, 6) is -0.830. The molecule has 30 heavy (non-hydrogen) atoms. The number of allylic oxidation sites excluding steroid dienone is 1. The fourth-order valence-corrected chi connectivity index (χ4v) is 4.23. The highest BCUT2D eigenvalue weighted by Crippen LogP contribution is 2.15. The Morgan fingerprint density at radius 1 is 0.500 bits per heavy atom. The van der Waals surface area contributed by atoms with Crippen molar-refractivity contribution in [1.29, 1.82) is 0 Å². The van der Waals surface area contributed by atoms with E-state index in [0.29, 0.717) is 0 Å². The topological polar surface area (TPSA) is 37.3 Å². The van der Waals surface area contributed by atoms with Crippen molar-refractivity contribution < 1.29 is 9.90 Å². The number of hydrogen-bond acceptors (Lipinski definition) is 1. The normalized spacial score (nSPS) is 11.5. The molecule has 2 nitrogen and oxygen atoms in total. The van der Waals surface area contributed by atoms with Crippen molar-refractivity contribution >= 4 is 5.97 Å². The first-order chi connectivity index (χ1) is 14.8. The van der Waals surface area contributed by atoms with Gasteiger partial charge in [-0.2, -0.15) is 0 Å². The van der Waals surface area contributed by atoms with Crippen molar-refractivity contribution in [3.05, 3.63) is 12.2 Å². The molecule has 0 bridgehead atoms. The molecule has 0 heterocycles. The molecule has 0 atom stereocenters. The number of unbranched alkanes of at least 4 members (excludes halogenated alkanes) is 23. The average molecular weight is 423 g/mol. The van der Waals surface area contributed by atoms with Gasteiger partial charge in [0, 0.05) is 6.08 Å². The Morgan fingerprint density at radius 3 is 1.03 bits per heavy atom. The lowest BCUT2D eigenvalue weighted by Crippen LogP contribution is -1.86. The zero-order chi connectivity index (χ0) is 22.0. The molecule has 0 aromatic rings. The van der Waals surface area contributed by atoms with Crippen molar-refractivity contribution in [2.75, 3.05) is 0 Å². The molecule has 0 aliphatic rings. The molecule has 0 aliphatic carbocycles. The van der Waals surface area contributed by atoms with Crippen LogP contribution >= 0.6 is 0 Å². The largest absolute Gasteiger partial charge is 0.478 e. The third-order valence-electron chi connectivity index (χ3n) is 6.23. The van der Waals surface area contributed by atoms with Crippen LogP contribution in [0.4, 0.5) is 0 Å². The minimum atomic E-state index is -0.830. The number of carboxylic acids is 1. The molecule has 1 N–H and O–H groups in total. The number of rotatable bonds is 25. The van der Waals surface area contributed by atoms with Crippen LogP contribution in [0.15, 0.2) is 12.2 Å². The van der Waals surface area contributed by atoms with Crippen LogP contribution in [0.1, 0.15) is 161 Å². The zero-order valence-electron chi connectivity index (χ0n) is 20.5. The molecule has 0 radical (unpaired) electrons. The summed E-state index contributed by atoms with van der Waals surface area (Å²) in [6, 6.07) is 0. The Labute approximate surface area is 189 Å². The lowest BCUT2D eigenvalue weighted by atomic mass is 10.0.